The van der Waals surface area contributed by atoms with Gasteiger partial charge in [-0.15, -0.1) is 0 Å². The fourth-order valence-corrected chi connectivity index (χ4v) is 1.92. The van der Waals surface area contributed by atoms with Crippen LogP contribution in [0.15, 0.2) is 35.3 Å². The monoisotopic (exact) mass is 218 g/mol. The smallest absolute Gasteiger partial charge is 0.126 e. The number of benzene rings is 1. The summed E-state index contributed by atoms with van der Waals surface area (Å²) in [7, 11) is 0. The van der Waals surface area contributed by atoms with Crippen LogP contribution in [0.25, 0.3) is 0 Å². The summed E-state index contributed by atoms with van der Waals surface area (Å²) in [5.41, 5.74) is 7.09. The van der Waals surface area contributed by atoms with Crippen LogP contribution in [-0.4, -0.2) is 11.4 Å². The molecule has 0 amide bonds. The average molecular weight is 218 g/mol. The SMILES string of the molecule is CCC(CC)(CC)N=C(N)c1ccccc1. The molecule has 16 heavy (non-hydrogen) atoms. The van der Waals surface area contributed by atoms with Gasteiger partial charge in [0.05, 0.1) is 5.54 Å². The van der Waals surface area contributed by atoms with Crippen molar-refractivity contribution in [2.24, 2.45) is 10.7 Å². The Morgan fingerprint density at radius 3 is 2.00 bits per heavy atom. The van der Waals surface area contributed by atoms with E-state index >= 15 is 0 Å². The van der Waals surface area contributed by atoms with Crippen molar-refractivity contribution < 1.29 is 0 Å². The predicted molar refractivity (Wildman–Crippen MR) is 70.8 cm³/mol. The maximum absolute atomic E-state index is 6.06. The summed E-state index contributed by atoms with van der Waals surface area (Å²) in [5.74, 6) is 0.658. The van der Waals surface area contributed by atoms with Gasteiger partial charge in [-0.25, -0.2) is 0 Å². The fourth-order valence-electron chi connectivity index (χ4n) is 1.92. The number of hydrogen-bond acceptors (Lipinski definition) is 1. The summed E-state index contributed by atoms with van der Waals surface area (Å²) in [5, 5.41) is 0. The molecular weight excluding hydrogens is 196 g/mol. The lowest BCUT2D eigenvalue weighted by atomic mass is 9.90. The minimum atomic E-state index is 0.0138. The standard InChI is InChI=1S/C14H22N2/c1-4-14(5-2,6-3)16-13(15)12-10-8-7-9-11-12/h7-11H,4-6H2,1-3H3,(H2,15,16). The Hall–Kier alpha value is -1.31. The van der Waals surface area contributed by atoms with Gasteiger partial charge in [0.2, 0.25) is 0 Å². The molecule has 1 aromatic rings. The number of nitrogens with two attached hydrogens (primary N) is 1. The Balaban J connectivity index is 2.99. The van der Waals surface area contributed by atoms with Crippen molar-refractivity contribution in [1.29, 1.82) is 0 Å². The third-order valence-electron chi connectivity index (χ3n) is 3.40. The number of rotatable bonds is 5. The molecule has 0 saturated carbocycles. The molecule has 0 radical (unpaired) electrons. The lowest BCUT2D eigenvalue weighted by molar-refractivity contribution is 0.386. The van der Waals surface area contributed by atoms with Crippen LogP contribution in [0.4, 0.5) is 0 Å². The van der Waals surface area contributed by atoms with E-state index in [2.05, 4.69) is 20.8 Å². The van der Waals surface area contributed by atoms with Crippen LogP contribution >= 0.6 is 0 Å². The zero-order valence-electron chi connectivity index (χ0n) is 10.5. The normalized spacial score (nSPS) is 12.8. The molecule has 0 spiro atoms. The maximum atomic E-state index is 6.06. The number of aliphatic imine (C=N–C) groups is 1. The van der Waals surface area contributed by atoms with Gasteiger partial charge < -0.3 is 5.73 Å². The van der Waals surface area contributed by atoms with Crippen molar-refractivity contribution >= 4 is 5.84 Å². The van der Waals surface area contributed by atoms with E-state index in [4.69, 9.17) is 10.7 Å². The van der Waals surface area contributed by atoms with Crippen LogP contribution in [0.2, 0.25) is 0 Å². The second-order valence-corrected chi connectivity index (χ2v) is 4.15. The van der Waals surface area contributed by atoms with Gasteiger partial charge in [-0.2, -0.15) is 0 Å². The Kier molecular flexibility index (Phi) is 4.53. The van der Waals surface area contributed by atoms with E-state index in [1.165, 1.54) is 0 Å². The number of hydrogen-bond donors (Lipinski definition) is 1. The number of amidine groups is 1. The molecular formula is C14H22N2. The van der Waals surface area contributed by atoms with E-state index in [0.29, 0.717) is 5.84 Å². The minimum Gasteiger partial charge on any atom is -0.383 e. The first kappa shape index (κ1) is 12.8. The highest BCUT2D eigenvalue weighted by atomic mass is 14.9. The molecule has 0 saturated heterocycles. The first-order valence-electron chi connectivity index (χ1n) is 6.08. The molecule has 2 nitrogen and oxygen atoms in total. The lowest BCUT2D eigenvalue weighted by Crippen LogP contribution is -2.28. The highest BCUT2D eigenvalue weighted by molar-refractivity contribution is 5.97. The third-order valence-corrected chi connectivity index (χ3v) is 3.40. The average Bonchev–Trinajstić information content (AvgIpc) is 2.37. The quantitative estimate of drug-likeness (QED) is 0.597. The van der Waals surface area contributed by atoms with E-state index in [1.54, 1.807) is 0 Å². The molecule has 0 bridgehead atoms. The highest BCUT2D eigenvalue weighted by Crippen LogP contribution is 2.24. The van der Waals surface area contributed by atoms with E-state index in [1.807, 2.05) is 30.3 Å². The first-order chi connectivity index (χ1) is 7.67. The van der Waals surface area contributed by atoms with Gasteiger partial charge in [-0.05, 0) is 19.3 Å². The van der Waals surface area contributed by atoms with Crippen molar-refractivity contribution in [3.8, 4) is 0 Å². The lowest BCUT2D eigenvalue weighted by Gasteiger charge is -2.26. The van der Waals surface area contributed by atoms with Crippen LogP contribution in [0.1, 0.15) is 45.6 Å². The van der Waals surface area contributed by atoms with Gasteiger partial charge in [-0.1, -0.05) is 51.1 Å². The van der Waals surface area contributed by atoms with Gasteiger partial charge in [0.15, 0.2) is 0 Å². The molecule has 88 valence electrons. The van der Waals surface area contributed by atoms with Gasteiger partial charge in [-0.3, -0.25) is 4.99 Å². The van der Waals surface area contributed by atoms with Crippen molar-refractivity contribution in [1.82, 2.24) is 0 Å². The summed E-state index contributed by atoms with van der Waals surface area (Å²) in [4.78, 5) is 4.73. The molecule has 0 aliphatic rings. The van der Waals surface area contributed by atoms with E-state index in [0.717, 1.165) is 24.8 Å². The van der Waals surface area contributed by atoms with E-state index in [-0.39, 0.29) is 5.54 Å². The molecule has 0 aromatic heterocycles. The topological polar surface area (TPSA) is 38.4 Å². The van der Waals surface area contributed by atoms with Crippen LogP contribution in [0.3, 0.4) is 0 Å². The molecule has 2 heteroatoms. The molecule has 1 aromatic carbocycles. The van der Waals surface area contributed by atoms with Crippen molar-refractivity contribution in [3.05, 3.63) is 35.9 Å². The minimum absolute atomic E-state index is 0.0138. The predicted octanol–water partition coefficient (Wildman–Crippen LogP) is 3.36. The molecule has 0 unspecified atom stereocenters. The van der Waals surface area contributed by atoms with Crippen LogP contribution in [0, 0.1) is 0 Å². The summed E-state index contributed by atoms with van der Waals surface area (Å²) in [6.07, 6.45) is 3.11. The van der Waals surface area contributed by atoms with E-state index in [9.17, 15) is 0 Å². The molecule has 0 heterocycles. The Bertz CT molecular complexity index is 329. The van der Waals surface area contributed by atoms with Gasteiger partial charge in [0.25, 0.3) is 0 Å². The second-order valence-electron chi connectivity index (χ2n) is 4.15. The fraction of sp³-hybridized carbons (Fsp3) is 0.500. The Morgan fingerprint density at radius 1 is 1.06 bits per heavy atom. The van der Waals surface area contributed by atoms with Crippen molar-refractivity contribution in [2.45, 2.75) is 45.6 Å². The summed E-state index contributed by atoms with van der Waals surface area (Å²) in [6.45, 7) is 6.53. The first-order valence-corrected chi connectivity index (χ1v) is 6.08. The maximum Gasteiger partial charge on any atom is 0.126 e. The second kappa shape index (κ2) is 5.69. The van der Waals surface area contributed by atoms with E-state index < -0.39 is 0 Å². The third kappa shape index (κ3) is 2.84. The van der Waals surface area contributed by atoms with Gasteiger partial charge >= 0.3 is 0 Å². The molecule has 0 aliphatic carbocycles. The zero-order valence-corrected chi connectivity index (χ0v) is 10.5. The van der Waals surface area contributed by atoms with Crippen LogP contribution < -0.4 is 5.73 Å². The summed E-state index contributed by atoms with van der Waals surface area (Å²) < 4.78 is 0. The van der Waals surface area contributed by atoms with Crippen LogP contribution in [-0.2, 0) is 0 Å². The molecule has 1 rings (SSSR count). The molecule has 0 atom stereocenters. The van der Waals surface area contributed by atoms with Crippen molar-refractivity contribution in [3.63, 3.8) is 0 Å². The largest absolute Gasteiger partial charge is 0.383 e. The zero-order chi connectivity index (χ0) is 12.0. The van der Waals surface area contributed by atoms with Gasteiger partial charge in [0, 0.05) is 5.56 Å². The van der Waals surface area contributed by atoms with Crippen LogP contribution in [0.5, 0.6) is 0 Å². The number of nitrogens with zero attached hydrogens (tertiary/aromatic N) is 1. The Morgan fingerprint density at radius 2 is 1.56 bits per heavy atom. The highest BCUT2D eigenvalue weighted by Gasteiger charge is 2.23. The Labute approximate surface area is 98.6 Å². The summed E-state index contributed by atoms with van der Waals surface area (Å²) >= 11 is 0. The molecule has 0 aliphatic heterocycles. The molecule has 2 N–H and O–H groups in total. The van der Waals surface area contributed by atoms with Gasteiger partial charge in [0.1, 0.15) is 5.84 Å². The summed E-state index contributed by atoms with van der Waals surface area (Å²) in [6, 6.07) is 9.98. The van der Waals surface area contributed by atoms with Crippen molar-refractivity contribution in [2.75, 3.05) is 0 Å². The molecule has 0 fully saturated rings.